The lowest BCUT2D eigenvalue weighted by Crippen LogP contribution is -2.27. The number of carbonyl (C=O) groups excluding carboxylic acids is 1. The molecule has 0 bridgehead atoms. The van der Waals surface area contributed by atoms with Gasteiger partial charge in [0.2, 0.25) is 5.91 Å². The quantitative estimate of drug-likeness (QED) is 0.318. The maximum atomic E-state index is 13.0. The summed E-state index contributed by atoms with van der Waals surface area (Å²) in [5, 5.41) is 15.0. The van der Waals surface area contributed by atoms with Crippen LogP contribution < -0.4 is 0 Å². The molecule has 1 aliphatic rings. The summed E-state index contributed by atoms with van der Waals surface area (Å²) in [6.07, 6.45) is -2.11. The number of nitrogens with zero attached hydrogens (tertiary/aromatic N) is 4. The summed E-state index contributed by atoms with van der Waals surface area (Å²) in [5.74, 6) is -1.46. The highest BCUT2D eigenvalue weighted by Gasteiger charge is 2.33. The number of halogens is 3. The molecule has 0 radical (unpaired) electrons. The Morgan fingerprint density at radius 2 is 1.46 bits per heavy atom. The van der Waals surface area contributed by atoms with E-state index in [1.165, 1.54) is 17.1 Å². The summed E-state index contributed by atoms with van der Waals surface area (Å²) >= 11 is 0. The van der Waals surface area contributed by atoms with Crippen LogP contribution in [0.15, 0.2) is 84.2 Å². The molecular formula is C29H23F3N4O3. The van der Waals surface area contributed by atoms with Gasteiger partial charge in [-0.15, -0.1) is 0 Å². The second-order valence-corrected chi connectivity index (χ2v) is 9.27. The molecule has 0 spiro atoms. The third kappa shape index (κ3) is 6.11. The van der Waals surface area contributed by atoms with Gasteiger partial charge in [0.05, 0.1) is 35.6 Å². The SMILES string of the molecule is O=C(O)CCC(=O)N1N=C(c2ccc(-c3ccc(CC(F)(F)F)cc3)cc2)CC1c1ccc2nccnc2c1. The highest BCUT2D eigenvalue weighted by atomic mass is 19.4. The van der Waals surface area contributed by atoms with Crippen LogP contribution in [0, 0.1) is 0 Å². The van der Waals surface area contributed by atoms with Crippen LogP contribution in [0.3, 0.4) is 0 Å². The van der Waals surface area contributed by atoms with Gasteiger partial charge in [0, 0.05) is 25.2 Å². The van der Waals surface area contributed by atoms with Gasteiger partial charge in [0.25, 0.3) is 0 Å². The average molecular weight is 533 g/mol. The lowest BCUT2D eigenvalue weighted by molar-refractivity contribution is -0.141. The Morgan fingerprint density at radius 3 is 2.10 bits per heavy atom. The first kappa shape index (κ1) is 26.0. The Labute approximate surface area is 221 Å². The summed E-state index contributed by atoms with van der Waals surface area (Å²) in [7, 11) is 0. The maximum absolute atomic E-state index is 13.0. The van der Waals surface area contributed by atoms with Crippen LogP contribution in [-0.4, -0.2) is 43.8 Å². The van der Waals surface area contributed by atoms with Crippen molar-refractivity contribution >= 4 is 28.6 Å². The number of aliphatic carboxylic acids is 1. The second-order valence-electron chi connectivity index (χ2n) is 9.27. The largest absolute Gasteiger partial charge is 0.481 e. The van der Waals surface area contributed by atoms with Gasteiger partial charge < -0.3 is 5.11 Å². The number of carboxylic acids is 1. The first-order valence-electron chi connectivity index (χ1n) is 12.2. The van der Waals surface area contributed by atoms with Gasteiger partial charge >= 0.3 is 12.1 Å². The van der Waals surface area contributed by atoms with E-state index in [1.54, 1.807) is 24.5 Å². The van der Waals surface area contributed by atoms with E-state index in [9.17, 15) is 22.8 Å². The number of amides is 1. The molecule has 10 heteroatoms. The minimum absolute atomic E-state index is 0.181. The van der Waals surface area contributed by atoms with Crippen LogP contribution in [0.25, 0.3) is 22.2 Å². The summed E-state index contributed by atoms with van der Waals surface area (Å²) in [4.78, 5) is 32.7. The minimum atomic E-state index is -4.26. The molecule has 2 heterocycles. The van der Waals surface area contributed by atoms with Crippen molar-refractivity contribution in [2.75, 3.05) is 0 Å². The number of hydrogen-bond donors (Lipinski definition) is 1. The zero-order valence-corrected chi connectivity index (χ0v) is 20.6. The highest BCUT2D eigenvalue weighted by molar-refractivity contribution is 6.03. The number of rotatable bonds is 7. The van der Waals surface area contributed by atoms with Crippen molar-refractivity contribution in [3.63, 3.8) is 0 Å². The van der Waals surface area contributed by atoms with Gasteiger partial charge in [-0.3, -0.25) is 19.6 Å². The number of aromatic nitrogens is 2. The lowest BCUT2D eigenvalue weighted by Gasteiger charge is -2.22. The van der Waals surface area contributed by atoms with E-state index in [0.717, 1.165) is 22.3 Å². The molecule has 7 nitrogen and oxygen atoms in total. The standard InChI is InChI=1S/C29H23F3N4O3/c30-29(31,32)17-18-1-3-19(4-2-18)20-5-7-21(8-6-20)24-16-26(36(35-24)27(37)11-12-28(38)39)22-9-10-23-25(15-22)34-14-13-33-23/h1-10,13-15,26H,11-12,16-17H2,(H,38,39). The van der Waals surface area contributed by atoms with Crippen molar-refractivity contribution in [3.05, 3.63) is 95.8 Å². The zero-order chi connectivity index (χ0) is 27.6. The van der Waals surface area contributed by atoms with Crippen LogP contribution in [0.2, 0.25) is 0 Å². The van der Waals surface area contributed by atoms with Gasteiger partial charge in [-0.2, -0.15) is 18.3 Å². The van der Waals surface area contributed by atoms with Crippen molar-refractivity contribution in [2.45, 2.75) is 37.9 Å². The van der Waals surface area contributed by atoms with Gasteiger partial charge in [-0.05, 0) is 39.9 Å². The van der Waals surface area contributed by atoms with Crippen molar-refractivity contribution in [3.8, 4) is 11.1 Å². The molecule has 0 saturated heterocycles. The fraction of sp³-hybridized carbons (Fsp3) is 0.207. The molecule has 1 atom stereocenters. The normalized spacial score (nSPS) is 15.4. The molecule has 1 aliphatic heterocycles. The number of hydrazone groups is 1. The predicted octanol–water partition coefficient (Wildman–Crippen LogP) is 5.94. The fourth-order valence-corrected chi connectivity index (χ4v) is 4.59. The maximum Gasteiger partial charge on any atom is 0.393 e. The molecule has 1 unspecified atom stereocenters. The molecule has 5 rings (SSSR count). The van der Waals surface area contributed by atoms with E-state index in [2.05, 4.69) is 15.1 Å². The highest BCUT2D eigenvalue weighted by Crippen LogP contribution is 2.35. The average Bonchev–Trinajstić information content (AvgIpc) is 3.37. The number of hydrogen-bond acceptors (Lipinski definition) is 5. The first-order chi connectivity index (χ1) is 18.7. The van der Waals surface area contributed by atoms with E-state index in [4.69, 9.17) is 5.11 Å². The van der Waals surface area contributed by atoms with Gasteiger partial charge in [0.15, 0.2) is 0 Å². The van der Waals surface area contributed by atoms with Crippen LogP contribution in [0.4, 0.5) is 13.2 Å². The Bertz CT molecular complexity index is 1550. The van der Waals surface area contributed by atoms with Crippen LogP contribution in [0.1, 0.15) is 42.0 Å². The first-order valence-corrected chi connectivity index (χ1v) is 12.2. The van der Waals surface area contributed by atoms with Crippen molar-refractivity contribution in [1.29, 1.82) is 0 Å². The Kier molecular flexibility index (Phi) is 7.10. The number of fused-ring (bicyclic) bond motifs is 1. The van der Waals surface area contributed by atoms with E-state index in [1.807, 2.05) is 42.5 Å². The van der Waals surface area contributed by atoms with Crippen molar-refractivity contribution in [2.24, 2.45) is 5.10 Å². The third-order valence-corrected chi connectivity index (χ3v) is 6.51. The summed E-state index contributed by atoms with van der Waals surface area (Å²) < 4.78 is 38.0. The van der Waals surface area contributed by atoms with E-state index < -0.39 is 30.5 Å². The molecule has 1 aromatic heterocycles. The third-order valence-electron chi connectivity index (χ3n) is 6.51. The molecule has 0 aliphatic carbocycles. The molecule has 0 saturated carbocycles. The monoisotopic (exact) mass is 532 g/mol. The number of benzene rings is 3. The zero-order valence-electron chi connectivity index (χ0n) is 20.6. The van der Waals surface area contributed by atoms with Crippen LogP contribution >= 0.6 is 0 Å². The van der Waals surface area contributed by atoms with Crippen molar-refractivity contribution in [1.82, 2.24) is 15.0 Å². The van der Waals surface area contributed by atoms with E-state index >= 15 is 0 Å². The Hall–Kier alpha value is -4.60. The lowest BCUT2D eigenvalue weighted by atomic mass is 9.96. The Morgan fingerprint density at radius 1 is 0.846 bits per heavy atom. The topological polar surface area (TPSA) is 95.8 Å². The fourth-order valence-electron chi connectivity index (χ4n) is 4.59. The molecule has 1 amide bonds. The van der Waals surface area contributed by atoms with Gasteiger partial charge in [-0.1, -0.05) is 54.6 Å². The van der Waals surface area contributed by atoms with Crippen LogP contribution in [-0.2, 0) is 16.0 Å². The molecule has 1 N–H and O–H groups in total. The number of carbonyl (C=O) groups is 2. The van der Waals surface area contributed by atoms with E-state index in [0.29, 0.717) is 23.2 Å². The van der Waals surface area contributed by atoms with E-state index in [-0.39, 0.29) is 18.4 Å². The smallest absolute Gasteiger partial charge is 0.393 e. The molecular weight excluding hydrogens is 509 g/mol. The minimum Gasteiger partial charge on any atom is -0.481 e. The molecule has 0 fully saturated rings. The van der Waals surface area contributed by atoms with Crippen LogP contribution in [0.5, 0.6) is 0 Å². The summed E-state index contributed by atoms with van der Waals surface area (Å²) in [6.45, 7) is 0. The predicted molar refractivity (Wildman–Crippen MR) is 139 cm³/mol. The number of alkyl halides is 3. The summed E-state index contributed by atoms with van der Waals surface area (Å²) in [5.41, 5.74) is 5.44. The molecule has 4 aromatic rings. The summed E-state index contributed by atoms with van der Waals surface area (Å²) in [6, 6.07) is 18.8. The Balaban J connectivity index is 1.39. The van der Waals surface area contributed by atoms with Gasteiger partial charge in [0.1, 0.15) is 0 Å². The molecule has 39 heavy (non-hydrogen) atoms. The van der Waals surface area contributed by atoms with Crippen molar-refractivity contribution < 1.29 is 27.9 Å². The number of carboxylic acid groups (broad SMARTS) is 1. The van der Waals surface area contributed by atoms with Gasteiger partial charge in [-0.25, -0.2) is 5.01 Å². The molecule has 198 valence electrons. The molecule has 3 aromatic carbocycles. The second kappa shape index (κ2) is 10.6.